The van der Waals surface area contributed by atoms with Crippen LogP contribution in [0.4, 0.5) is 5.13 Å². The molecule has 0 saturated carbocycles. The SMILES string of the molecule is CC(O)CCC(=O)Nc1ncc(Br)s1. The molecule has 4 nitrogen and oxygen atoms in total. The highest BCUT2D eigenvalue weighted by Crippen LogP contribution is 2.23. The monoisotopic (exact) mass is 278 g/mol. The number of aliphatic hydroxyl groups excluding tert-OH is 1. The third-order valence-electron chi connectivity index (χ3n) is 1.51. The van der Waals surface area contributed by atoms with Gasteiger partial charge >= 0.3 is 0 Å². The van der Waals surface area contributed by atoms with E-state index in [-0.39, 0.29) is 5.91 Å². The molecule has 2 N–H and O–H groups in total. The number of aliphatic hydroxyl groups is 1. The van der Waals surface area contributed by atoms with Gasteiger partial charge in [-0.1, -0.05) is 11.3 Å². The van der Waals surface area contributed by atoms with Gasteiger partial charge in [-0.05, 0) is 29.3 Å². The molecule has 0 fully saturated rings. The number of carbonyl (C=O) groups excluding carboxylic acids is 1. The maximum atomic E-state index is 11.3. The van der Waals surface area contributed by atoms with E-state index in [1.54, 1.807) is 13.1 Å². The van der Waals surface area contributed by atoms with E-state index in [2.05, 4.69) is 26.2 Å². The summed E-state index contributed by atoms with van der Waals surface area (Å²) in [5.74, 6) is -0.118. The van der Waals surface area contributed by atoms with Crippen LogP contribution in [0.5, 0.6) is 0 Å². The minimum Gasteiger partial charge on any atom is -0.393 e. The predicted octanol–water partition coefficient (Wildman–Crippen LogP) is 2.01. The molecule has 0 bridgehead atoms. The van der Waals surface area contributed by atoms with E-state index >= 15 is 0 Å². The lowest BCUT2D eigenvalue weighted by Crippen LogP contribution is -2.13. The highest BCUT2D eigenvalue weighted by Gasteiger charge is 2.06. The molecule has 78 valence electrons. The van der Waals surface area contributed by atoms with Crippen molar-refractivity contribution in [3.05, 3.63) is 9.98 Å². The van der Waals surface area contributed by atoms with Gasteiger partial charge in [0.25, 0.3) is 0 Å². The van der Waals surface area contributed by atoms with Crippen molar-refractivity contribution in [3.63, 3.8) is 0 Å². The number of rotatable bonds is 4. The van der Waals surface area contributed by atoms with Crippen LogP contribution < -0.4 is 5.32 Å². The molecule has 1 atom stereocenters. The number of hydrogen-bond donors (Lipinski definition) is 2. The molecule has 0 aliphatic carbocycles. The lowest BCUT2D eigenvalue weighted by Gasteiger charge is -2.03. The number of nitrogens with zero attached hydrogens (tertiary/aromatic N) is 1. The molecule has 1 aromatic rings. The summed E-state index contributed by atoms with van der Waals surface area (Å²) in [5, 5.41) is 12.2. The molecule has 0 aromatic carbocycles. The predicted molar refractivity (Wildman–Crippen MR) is 59.4 cm³/mol. The van der Waals surface area contributed by atoms with Gasteiger partial charge in [-0.15, -0.1) is 0 Å². The zero-order valence-corrected chi connectivity index (χ0v) is 10.1. The topological polar surface area (TPSA) is 62.2 Å². The molecule has 1 unspecified atom stereocenters. The molecule has 0 aliphatic heterocycles. The Labute approximate surface area is 94.5 Å². The van der Waals surface area contributed by atoms with E-state index in [1.165, 1.54) is 11.3 Å². The molecule has 1 heterocycles. The Kier molecular flexibility index (Phi) is 4.50. The molecule has 1 rings (SSSR count). The minimum atomic E-state index is -0.441. The van der Waals surface area contributed by atoms with Gasteiger partial charge in [0.1, 0.15) is 0 Å². The van der Waals surface area contributed by atoms with Crippen LogP contribution in [0.3, 0.4) is 0 Å². The van der Waals surface area contributed by atoms with Gasteiger partial charge in [-0.25, -0.2) is 4.98 Å². The minimum absolute atomic E-state index is 0.118. The van der Waals surface area contributed by atoms with Crippen molar-refractivity contribution in [2.24, 2.45) is 0 Å². The van der Waals surface area contributed by atoms with Crippen LogP contribution in [-0.2, 0) is 4.79 Å². The second kappa shape index (κ2) is 5.43. The summed E-state index contributed by atoms with van der Waals surface area (Å²) in [6, 6.07) is 0. The van der Waals surface area contributed by atoms with Crippen molar-refractivity contribution >= 4 is 38.3 Å². The van der Waals surface area contributed by atoms with Gasteiger partial charge in [-0.2, -0.15) is 0 Å². The van der Waals surface area contributed by atoms with Crippen LogP contribution in [-0.4, -0.2) is 22.1 Å². The van der Waals surface area contributed by atoms with Gasteiger partial charge in [0, 0.05) is 6.42 Å². The number of nitrogens with one attached hydrogen (secondary N) is 1. The van der Waals surface area contributed by atoms with Crippen LogP contribution in [0.1, 0.15) is 19.8 Å². The summed E-state index contributed by atoms with van der Waals surface area (Å²) >= 11 is 4.61. The number of thiazole rings is 1. The Morgan fingerprint density at radius 1 is 1.86 bits per heavy atom. The van der Waals surface area contributed by atoms with Crippen molar-refractivity contribution in [3.8, 4) is 0 Å². The fraction of sp³-hybridized carbons (Fsp3) is 0.500. The molecule has 1 aromatic heterocycles. The van der Waals surface area contributed by atoms with Gasteiger partial charge in [-0.3, -0.25) is 4.79 Å². The summed E-state index contributed by atoms with van der Waals surface area (Å²) in [7, 11) is 0. The number of amides is 1. The highest BCUT2D eigenvalue weighted by molar-refractivity contribution is 9.11. The fourth-order valence-corrected chi connectivity index (χ4v) is 1.96. The Morgan fingerprint density at radius 3 is 3.07 bits per heavy atom. The number of aromatic nitrogens is 1. The number of hydrogen-bond acceptors (Lipinski definition) is 4. The highest BCUT2D eigenvalue weighted by atomic mass is 79.9. The van der Waals surface area contributed by atoms with Gasteiger partial charge < -0.3 is 10.4 Å². The Bertz CT molecular complexity index is 314. The van der Waals surface area contributed by atoms with Crippen molar-refractivity contribution in [1.82, 2.24) is 4.98 Å². The molecule has 1 amide bonds. The average Bonchev–Trinajstić information content (AvgIpc) is 2.48. The van der Waals surface area contributed by atoms with Gasteiger partial charge in [0.15, 0.2) is 5.13 Å². The first kappa shape index (κ1) is 11.6. The first-order chi connectivity index (χ1) is 6.58. The van der Waals surface area contributed by atoms with E-state index in [9.17, 15) is 4.79 Å². The zero-order valence-electron chi connectivity index (χ0n) is 7.66. The molecule has 0 saturated heterocycles. The van der Waals surface area contributed by atoms with E-state index < -0.39 is 6.10 Å². The zero-order chi connectivity index (χ0) is 10.6. The van der Waals surface area contributed by atoms with Crippen LogP contribution >= 0.6 is 27.3 Å². The first-order valence-electron chi connectivity index (χ1n) is 4.17. The van der Waals surface area contributed by atoms with Gasteiger partial charge in [0.05, 0.1) is 16.1 Å². The number of halogens is 1. The standard InChI is InChI=1S/C8H11BrN2O2S/c1-5(12)2-3-7(13)11-8-10-4-6(9)14-8/h4-5,12H,2-3H2,1H3,(H,10,11,13). The second-order valence-electron chi connectivity index (χ2n) is 2.91. The summed E-state index contributed by atoms with van der Waals surface area (Å²) in [5.41, 5.74) is 0. The van der Waals surface area contributed by atoms with Crippen LogP contribution in [0.15, 0.2) is 9.98 Å². The fourth-order valence-electron chi connectivity index (χ4n) is 0.834. The molecule has 0 radical (unpaired) electrons. The van der Waals surface area contributed by atoms with Crippen LogP contribution in [0, 0.1) is 0 Å². The summed E-state index contributed by atoms with van der Waals surface area (Å²) in [6.45, 7) is 1.66. The molecule has 14 heavy (non-hydrogen) atoms. The van der Waals surface area contributed by atoms with Crippen LogP contribution in [0.25, 0.3) is 0 Å². The smallest absolute Gasteiger partial charge is 0.226 e. The Morgan fingerprint density at radius 2 is 2.57 bits per heavy atom. The lowest BCUT2D eigenvalue weighted by atomic mass is 10.2. The molecule has 0 aliphatic rings. The van der Waals surface area contributed by atoms with E-state index in [4.69, 9.17) is 5.11 Å². The normalized spacial score (nSPS) is 12.5. The quantitative estimate of drug-likeness (QED) is 0.886. The maximum Gasteiger partial charge on any atom is 0.226 e. The van der Waals surface area contributed by atoms with Crippen molar-refractivity contribution in [2.45, 2.75) is 25.9 Å². The van der Waals surface area contributed by atoms with Crippen LogP contribution in [0.2, 0.25) is 0 Å². The molecular formula is C8H11BrN2O2S. The maximum absolute atomic E-state index is 11.3. The Balaban J connectivity index is 2.34. The second-order valence-corrected chi connectivity index (χ2v) is 5.32. The van der Waals surface area contributed by atoms with Crippen molar-refractivity contribution in [1.29, 1.82) is 0 Å². The number of carbonyl (C=O) groups is 1. The summed E-state index contributed by atoms with van der Waals surface area (Å²) in [4.78, 5) is 15.2. The average molecular weight is 279 g/mol. The van der Waals surface area contributed by atoms with Crippen molar-refractivity contribution in [2.75, 3.05) is 5.32 Å². The number of anilines is 1. The summed E-state index contributed by atoms with van der Waals surface area (Å²) in [6.07, 6.45) is 1.98. The largest absolute Gasteiger partial charge is 0.393 e. The third-order valence-corrected chi connectivity index (χ3v) is 2.90. The summed E-state index contributed by atoms with van der Waals surface area (Å²) < 4.78 is 0.878. The molecule has 0 spiro atoms. The first-order valence-corrected chi connectivity index (χ1v) is 5.78. The van der Waals surface area contributed by atoms with E-state index in [1.807, 2.05) is 0 Å². The Hall–Kier alpha value is -0.460. The van der Waals surface area contributed by atoms with E-state index in [0.717, 1.165) is 3.79 Å². The van der Waals surface area contributed by atoms with Gasteiger partial charge in [0.2, 0.25) is 5.91 Å². The third kappa shape index (κ3) is 4.17. The molecular weight excluding hydrogens is 268 g/mol. The molecule has 6 heteroatoms. The lowest BCUT2D eigenvalue weighted by molar-refractivity contribution is -0.116. The van der Waals surface area contributed by atoms with E-state index in [0.29, 0.717) is 18.0 Å². The van der Waals surface area contributed by atoms with Crippen molar-refractivity contribution < 1.29 is 9.90 Å².